The van der Waals surface area contributed by atoms with Gasteiger partial charge in [0.1, 0.15) is 18.1 Å². The second-order valence-electron chi connectivity index (χ2n) is 6.29. The molecular weight excluding hydrogens is 383 g/mol. The normalized spacial score (nSPS) is 10.6. The van der Waals surface area contributed by atoms with Crippen LogP contribution >= 0.6 is 23.2 Å². The molecule has 0 aromatic heterocycles. The van der Waals surface area contributed by atoms with Crippen LogP contribution in [0, 0.1) is 6.92 Å². The Morgan fingerprint density at radius 2 is 1.74 bits per heavy atom. The summed E-state index contributed by atoms with van der Waals surface area (Å²) in [4.78, 5) is 12.5. The lowest BCUT2D eigenvalue weighted by molar-refractivity contribution is 0.0990. The van der Waals surface area contributed by atoms with Crippen molar-refractivity contribution in [2.75, 3.05) is 0 Å². The molecule has 3 aromatic carbocycles. The van der Waals surface area contributed by atoms with Crippen LogP contribution in [-0.2, 0) is 13.0 Å². The second kappa shape index (κ2) is 8.47. The minimum atomic E-state index is -0.152. The monoisotopic (exact) mass is 400 g/mol. The number of carbonyl (C=O) groups excluding carboxylic acids is 1. The molecule has 0 amide bonds. The standard InChI is InChI=1S/C22H18Cl2O3/c1-14-2-4-15(5-3-14)10-21(25)19-8-7-18(12-22(19)26)27-13-16-11-17(23)6-9-20(16)24/h2-9,11-12,26H,10,13H2,1H3. The quantitative estimate of drug-likeness (QED) is 0.515. The first-order valence-electron chi connectivity index (χ1n) is 8.41. The van der Waals surface area contributed by atoms with E-state index in [-0.39, 0.29) is 30.1 Å². The number of phenolic OH excluding ortho intramolecular Hbond substituents is 1. The Hall–Kier alpha value is -2.49. The van der Waals surface area contributed by atoms with Crippen LogP contribution in [0.1, 0.15) is 27.0 Å². The van der Waals surface area contributed by atoms with Crippen LogP contribution in [0.15, 0.2) is 60.7 Å². The van der Waals surface area contributed by atoms with Gasteiger partial charge in [0.25, 0.3) is 0 Å². The van der Waals surface area contributed by atoms with E-state index in [0.717, 1.165) is 16.7 Å². The first-order valence-corrected chi connectivity index (χ1v) is 9.16. The fraction of sp³-hybridized carbons (Fsp3) is 0.136. The fourth-order valence-electron chi connectivity index (χ4n) is 2.64. The van der Waals surface area contributed by atoms with Crippen LogP contribution in [0.3, 0.4) is 0 Å². The van der Waals surface area contributed by atoms with E-state index in [0.29, 0.717) is 15.8 Å². The minimum Gasteiger partial charge on any atom is -0.507 e. The third kappa shape index (κ3) is 5.03. The summed E-state index contributed by atoms with van der Waals surface area (Å²) in [6.45, 7) is 2.20. The van der Waals surface area contributed by atoms with Gasteiger partial charge in [0.2, 0.25) is 0 Å². The molecule has 0 atom stereocenters. The summed E-state index contributed by atoms with van der Waals surface area (Å²) >= 11 is 12.1. The van der Waals surface area contributed by atoms with Gasteiger partial charge < -0.3 is 9.84 Å². The maximum absolute atomic E-state index is 12.5. The number of phenols is 1. The van der Waals surface area contributed by atoms with E-state index in [9.17, 15) is 9.90 Å². The van der Waals surface area contributed by atoms with Crippen molar-refractivity contribution in [2.45, 2.75) is 20.0 Å². The molecule has 138 valence electrons. The fourth-order valence-corrected chi connectivity index (χ4v) is 3.01. The smallest absolute Gasteiger partial charge is 0.170 e. The van der Waals surface area contributed by atoms with Gasteiger partial charge in [-0.2, -0.15) is 0 Å². The Labute approximate surface area is 168 Å². The number of benzene rings is 3. The zero-order valence-corrected chi connectivity index (χ0v) is 16.2. The van der Waals surface area contributed by atoms with E-state index in [4.69, 9.17) is 27.9 Å². The van der Waals surface area contributed by atoms with Crippen molar-refractivity contribution in [1.82, 2.24) is 0 Å². The number of hydrogen-bond donors (Lipinski definition) is 1. The Morgan fingerprint density at radius 3 is 2.44 bits per heavy atom. The predicted octanol–water partition coefficient (Wildman–Crippen LogP) is 6.01. The molecule has 27 heavy (non-hydrogen) atoms. The van der Waals surface area contributed by atoms with E-state index in [1.807, 2.05) is 31.2 Å². The lowest BCUT2D eigenvalue weighted by Gasteiger charge is -2.10. The van der Waals surface area contributed by atoms with Crippen molar-refractivity contribution in [1.29, 1.82) is 0 Å². The molecule has 3 nitrogen and oxygen atoms in total. The number of ether oxygens (including phenoxy) is 1. The lowest BCUT2D eigenvalue weighted by Crippen LogP contribution is -2.04. The van der Waals surface area contributed by atoms with Crippen molar-refractivity contribution in [2.24, 2.45) is 0 Å². The Kier molecular flexibility index (Phi) is 6.04. The van der Waals surface area contributed by atoms with Crippen LogP contribution in [0.25, 0.3) is 0 Å². The van der Waals surface area contributed by atoms with E-state index in [1.165, 1.54) is 6.07 Å². The summed E-state index contributed by atoms with van der Waals surface area (Å²) in [5.41, 5.74) is 3.04. The number of carbonyl (C=O) groups is 1. The van der Waals surface area contributed by atoms with Crippen molar-refractivity contribution in [3.8, 4) is 11.5 Å². The van der Waals surface area contributed by atoms with Gasteiger partial charge in [-0.15, -0.1) is 0 Å². The molecule has 0 bridgehead atoms. The topological polar surface area (TPSA) is 46.5 Å². The highest BCUT2D eigenvalue weighted by Gasteiger charge is 2.13. The molecule has 0 aliphatic rings. The zero-order valence-electron chi connectivity index (χ0n) is 14.7. The summed E-state index contributed by atoms with van der Waals surface area (Å²) in [6, 6.07) is 17.5. The summed E-state index contributed by atoms with van der Waals surface area (Å²) in [6.07, 6.45) is 0.228. The third-order valence-corrected chi connectivity index (χ3v) is 4.76. The molecule has 0 fully saturated rings. The van der Waals surface area contributed by atoms with Crippen molar-refractivity contribution in [3.05, 3.63) is 93.0 Å². The molecule has 3 aromatic rings. The van der Waals surface area contributed by atoms with Crippen molar-refractivity contribution in [3.63, 3.8) is 0 Å². The number of Topliss-reactive ketones (excluding diaryl/α,β-unsaturated/α-hetero) is 1. The van der Waals surface area contributed by atoms with E-state index >= 15 is 0 Å². The van der Waals surface area contributed by atoms with E-state index in [1.54, 1.807) is 30.3 Å². The first kappa shape index (κ1) is 19.3. The number of hydrogen-bond acceptors (Lipinski definition) is 3. The summed E-state index contributed by atoms with van der Waals surface area (Å²) in [5, 5.41) is 11.3. The molecule has 0 saturated carbocycles. The SMILES string of the molecule is Cc1ccc(CC(=O)c2ccc(OCc3cc(Cl)ccc3Cl)cc2O)cc1. The molecule has 0 heterocycles. The lowest BCUT2D eigenvalue weighted by atomic mass is 10.0. The highest BCUT2D eigenvalue weighted by molar-refractivity contribution is 6.33. The summed E-state index contributed by atoms with van der Waals surface area (Å²) in [5.74, 6) is 0.179. The molecule has 0 unspecified atom stereocenters. The molecular formula is C22H18Cl2O3. The molecule has 1 N–H and O–H groups in total. The van der Waals surface area contributed by atoms with Gasteiger partial charge in [0.05, 0.1) is 5.56 Å². The number of halogens is 2. The second-order valence-corrected chi connectivity index (χ2v) is 7.13. The maximum Gasteiger partial charge on any atom is 0.170 e. The third-order valence-electron chi connectivity index (χ3n) is 4.16. The van der Waals surface area contributed by atoms with E-state index < -0.39 is 0 Å². The highest BCUT2D eigenvalue weighted by Crippen LogP contribution is 2.27. The first-order chi connectivity index (χ1) is 12.9. The zero-order chi connectivity index (χ0) is 19.4. The molecule has 0 spiro atoms. The van der Waals surface area contributed by atoms with E-state index in [2.05, 4.69) is 0 Å². The van der Waals surface area contributed by atoms with Crippen LogP contribution in [0.5, 0.6) is 11.5 Å². The van der Waals surface area contributed by atoms with Crippen LogP contribution < -0.4 is 4.74 Å². The van der Waals surface area contributed by atoms with Gasteiger partial charge in [-0.05, 0) is 42.8 Å². The molecule has 0 saturated heterocycles. The van der Waals surface area contributed by atoms with Crippen LogP contribution in [-0.4, -0.2) is 10.9 Å². The summed E-state index contributed by atoms with van der Waals surface area (Å²) in [7, 11) is 0. The van der Waals surface area contributed by atoms with Gasteiger partial charge in [0, 0.05) is 28.1 Å². The molecule has 5 heteroatoms. The molecule has 0 aliphatic carbocycles. The Balaban J connectivity index is 1.68. The van der Waals surface area contributed by atoms with Gasteiger partial charge in [-0.25, -0.2) is 0 Å². The van der Waals surface area contributed by atoms with Crippen LogP contribution in [0.2, 0.25) is 10.0 Å². The van der Waals surface area contributed by atoms with Crippen molar-refractivity contribution < 1.29 is 14.6 Å². The molecule has 0 aliphatic heterocycles. The number of ketones is 1. The average Bonchev–Trinajstić information content (AvgIpc) is 2.64. The summed E-state index contributed by atoms with van der Waals surface area (Å²) < 4.78 is 5.66. The number of aromatic hydroxyl groups is 1. The maximum atomic E-state index is 12.5. The van der Waals surface area contributed by atoms with Gasteiger partial charge >= 0.3 is 0 Å². The Morgan fingerprint density at radius 1 is 1.00 bits per heavy atom. The largest absolute Gasteiger partial charge is 0.507 e. The molecule has 0 radical (unpaired) electrons. The van der Waals surface area contributed by atoms with Gasteiger partial charge in [0.15, 0.2) is 5.78 Å². The van der Waals surface area contributed by atoms with Gasteiger partial charge in [-0.1, -0.05) is 53.0 Å². The number of rotatable bonds is 6. The Bertz CT molecular complexity index is 966. The predicted molar refractivity (Wildman–Crippen MR) is 108 cm³/mol. The molecule has 3 rings (SSSR count). The van der Waals surface area contributed by atoms with Crippen LogP contribution in [0.4, 0.5) is 0 Å². The minimum absolute atomic E-state index is 0.109. The number of aryl methyl sites for hydroxylation is 1. The van der Waals surface area contributed by atoms with Gasteiger partial charge in [-0.3, -0.25) is 4.79 Å². The highest BCUT2D eigenvalue weighted by atomic mass is 35.5. The average molecular weight is 401 g/mol. The van der Waals surface area contributed by atoms with Crippen molar-refractivity contribution >= 4 is 29.0 Å².